The minimum Gasteiger partial charge on any atom is -0.263 e. The van der Waals surface area contributed by atoms with Crippen molar-refractivity contribution in [2.75, 3.05) is 0 Å². The first-order valence-corrected chi connectivity index (χ1v) is 3.30. The van der Waals surface area contributed by atoms with E-state index < -0.39 is 11.0 Å². The molecule has 1 atom stereocenters. The van der Waals surface area contributed by atoms with E-state index in [1.165, 1.54) is 6.08 Å². The summed E-state index contributed by atoms with van der Waals surface area (Å²) >= 11 is 0. The standard InChI is InChI=1S/C6H4N4O2/c11-10(12)5-3-1-2-4-6(5)8-9-7-4/h1-3,5H. The number of rotatable bonds is 1. The maximum atomic E-state index is 10.5. The molecule has 2 rings (SSSR count). The monoisotopic (exact) mass is 164 g/mol. The molecule has 0 aromatic heterocycles. The van der Waals surface area contributed by atoms with Crippen LogP contribution >= 0.6 is 0 Å². The van der Waals surface area contributed by atoms with Crippen LogP contribution in [-0.4, -0.2) is 16.7 Å². The minimum atomic E-state index is -0.889. The quantitative estimate of drug-likeness (QED) is 0.426. The first kappa shape index (κ1) is 6.84. The van der Waals surface area contributed by atoms with Crippen LogP contribution in [0, 0.1) is 10.1 Å². The van der Waals surface area contributed by atoms with Gasteiger partial charge < -0.3 is 0 Å². The second kappa shape index (κ2) is 2.33. The fourth-order valence-corrected chi connectivity index (χ4v) is 1.06. The van der Waals surface area contributed by atoms with Gasteiger partial charge in [0.25, 0.3) is 6.04 Å². The molecule has 0 radical (unpaired) electrons. The third-order valence-electron chi connectivity index (χ3n) is 1.62. The lowest BCUT2D eigenvalue weighted by molar-refractivity contribution is -0.490. The molecular formula is C6H4N4O2. The van der Waals surface area contributed by atoms with Gasteiger partial charge in [-0.05, 0) is 17.4 Å². The van der Waals surface area contributed by atoms with E-state index in [0.717, 1.165) is 0 Å². The van der Waals surface area contributed by atoms with Crippen molar-refractivity contribution in [3.05, 3.63) is 34.0 Å². The first-order valence-electron chi connectivity index (χ1n) is 3.30. The predicted octanol–water partition coefficient (Wildman–Crippen LogP) is 0.907. The summed E-state index contributed by atoms with van der Waals surface area (Å²) in [4.78, 5) is 10.0. The molecule has 0 aromatic rings. The molecular weight excluding hydrogens is 160 g/mol. The SMILES string of the molecule is O=[N+]([O-])C1C=CC=C2N=NN=C21. The average molecular weight is 164 g/mol. The van der Waals surface area contributed by atoms with Crippen molar-refractivity contribution in [1.82, 2.24) is 0 Å². The summed E-state index contributed by atoms with van der Waals surface area (Å²) in [7, 11) is 0. The van der Waals surface area contributed by atoms with Crippen LogP contribution in [0.5, 0.6) is 0 Å². The molecule has 0 fully saturated rings. The van der Waals surface area contributed by atoms with Crippen LogP contribution < -0.4 is 0 Å². The topological polar surface area (TPSA) is 80.2 Å². The number of hydrogen-bond donors (Lipinski definition) is 0. The Balaban J connectivity index is 2.39. The van der Waals surface area contributed by atoms with Crippen LogP contribution in [0.3, 0.4) is 0 Å². The zero-order chi connectivity index (χ0) is 8.55. The molecule has 1 aliphatic carbocycles. The number of hydrogen-bond acceptors (Lipinski definition) is 5. The molecule has 0 N–H and O–H groups in total. The molecule has 1 aliphatic heterocycles. The molecule has 0 bridgehead atoms. The van der Waals surface area contributed by atoms with E-state index in [-0.39, 0.29) is 0 Å². The summed E-state index contributed by atoms with van der Waals surface area (Å²) in [5, 5.41) is 21.0. The van der Waals surface area contributed by atoms with E-state index in [0.29, 0.717) is 11.4 Å². The molecule has 6 nitrogen and oxygen atoms in total. The van der Waals surface area contributed by atoms with Gasteiger partial charge in [0.2, 0.25) is 0 Å². The fraction of sp³-hybridized carbons (Fsp3) is 0.167. The van der Waals surface area contributed by atoms with Gasteiger partial charge in [0.05, 0.1) is 0 Å². The number of allylic oxidation sites excluding steroid dienone is 2. The zero-order valence-corrected chi connectivity index (χ0v) is 5.91. The summed E-state index contributed by atoms with van der Waals surface area (Å²) in [5.41, 5.74) is 0.807. The lowest BCUT2D eigenvalue weighted by Gasteiger charge is -2.06. The fourth-order valence-electron chi connectivity index (χ4n) is 1.06. The minimum absolute atomic E-state index is 0.322. The predicted molar refractivity (Wildman–Crippen MR) is 40.3 cm³/mol. The molecule has 0 spiro atoms. The second-order valence-electron chi connectivity index (χ2n) is 2.34. The summed E-state index contributed by atoms with van der Waals surface area (Å²) < 4.78 is 0. The Hall–Kier alpha value is -1.85. The van der Waals surface area contributed by atoms with E-state index in [2.05, 4.69) is 15.4 Å². The Morgan fingerprint density at radius 1 is 1.58 bits per heavy atom. The third-order valence-corrected chi connectivity index (χ3v) is 1.62. The van der Waals surface area contributed by atoms with Crippen LogP contribution in [0.15, 0.2) is 39.4 Å². The molecule has 2 aliphatic rings. The number of nitro groups is 1. The molecule has 60 valence electrons. The van der Waals surface area contributed by atoms with Gasteiger partial charge in [0.15, 0.2) is 5.71 Å². The van der Waals surface area contributed by atoms with Crippen LogP contribution in [-0.2, 0) is 0 Å². The van der Waals surface area contributed by atoms with Gasteiger partial charge in [0.1, 0.15) is 5.70 Å². The lowest BCUT2D eigenvalue weighted by atomic mass is 10.0. The molecule has 1 unspecified atom stereocenters. The molecule has 12 heavy (non-hydrogen) atoms. The Morgan fingerprint density at radius 3 is 3.17 bits per heavy atom. The van der Waals surface area contributed by atoms with Gasteiger partial charge in [-0.15, -0.1) is 10.2 Å². The zero-order valence-electron chi connectivity index (χ0n) is 5.91. The van der Waals surface area contributed by atoms with Crippen LogP contribution in [0.4, 0.5) is 0 Å². The Kier molecular flexibility index (Phi) is 1.33. The normalized spacial score (nSPS) is 24.8. The highest BCUT2D eigenvalue weighted by molar-refractivity contribution is 6.05. The molecule has 1 heterocycles. The van der Waals surface area contributed by atoms with Crippen molar-refractivity contribution in [3.63, 3.8) is 0 Å². The van der Waals surface area contributed by atoms with Gasteiger partial charge in [-0.2, -0.15) is 0 Å². The molecule has 6 heteroatoms. The average Bonchev–Trinajstić information content (AvgIpc) is 2.49. The van der Waals surface area contributed by atoms with E-state index in [1.54, 1.807) is 12.2 Å². The maximum Gasteiger partial charge on any atom is 0.277 e. The van der Waals surface area contributed by atoms with Crippen molar-refractivity contribution in [2.45, 2.75) is 6.04 Å². The van der Waals surface area contributed by atoms with Crippen LogP contribution in [0.1, 0.15) is 0 Å². The highest BCUT2D eigenvalue weighted by Gasteiger charge is 2.31. The maximum absolute atomic E-state index is 10.5. The number of fused-ring (bicyclic) bond motifs is 1. The summed E-state index contributed by atoms with van der Waals surface area (Å²) in [5.74, 6) is 0. The third kappa shape index (κ3) is 0.849. The van der Waals surface area contributed by atoms with Crippen molar-refractivity contribution in [1.29, 1.82) is 0 Å². The largest absolute Gasteiger partial charge is 0.277 e. The molecule has 0 saturated heterocycles. The van der Waals surface area contributed by atoms with E-state index >= 15 is 0 Å². The molecule has 0 amide bonds. The van der Waals surface area contributed by atoms with Crippen LogP contribution in [0.25, 0.3) is 0 Å². The lowest BCUT2D eigenvalue weighted by Crippen LogP contribution is -2.28. The smallest absolute Gasteiger partial charge is 0.263 e. The highest BCUT2D eigenvalue weighted by Crippen LogP contribution is 2.18. The van der Waals surface area contributed by atoms with E-state index in [4.69, 9.17) is 0 Å². The number of nitrogens with zero attached hydrogens (tertiary/aromatic N) is 4. The Morgan fingerprint density at radius 2 is 2.42 bits per heavy atom. The first-order chi connectivity index (χ1) is 5.79. The summed E-state index contributed by atoms with van der Waals surface area (Å²) in [6.07, 6.45) is 4.69. The Labute approximate surface area is 67.1 Å². The van der Waals surface area contributed by atoms with Gasteiger partial charge in [-0.25, -0.2) is 0 Å². The second-order valence-corrected chi connectivity index (χ2v) is 2.34. The van der Waals surface area contributed by atoms with Gasteiger partial charge in [-0.1, -0.05) is 6.08 Å². The van der Waals surface area contributed by atoms with E-state index in [1.807, 2.05) is 0 Å². The molecule has 0 aromatic carbocycles. The molecule has 0 saturated carbocycles. The Bertz CT molecular complexity index is 353. The van der Waals surface area contributed by atoms with Crippen molar-refractivity contribution < 1.29 is 4.92 Å². The van der Waals surface area contributed by atoms with E-state index in [9.17, 15) is 10.1 Å². The van der Waals surface area contributed by atoms with Crippen molar-refractivity contribution in [3.8, 4) is 0 Å². The summed E-state index contributed by atoms with van der Waals surface area (Å²) in [6.45, 7) is 0. The van der Waals surface area contributed by atoms with Crippen molar-refractivity contribution in [2.24, 2.45) is 15.4 Å². The van der Waals surface area contributed by atoms with Gasteiger partial charge in [-0.3, -0.25) is 10.1 Å². The van der Waals surface area contributed by atoms with Gasteiger partial charge in [0, 0.05) is 4.92 Å². The highest BCUT2D eigenvalue weighted by atomic mass is 16.6. The summed E-state index contributed by atoms with van der Waals surface area (Å²) in [6, 6.07) is -0.889. The van der Waals surface area contributed by atoms with Gasteiger partial charge >= 0.3 is 0 Å². The van der Waals surface area contributed by atoms with Crippen LogP contribution in [0.2, 0.25) is 0 Å². The van der Waals surface area contributed by atoms with Crippen molar-refractivity contribution >= 4 is 5.71 Å².